The van der Waals surface area contributed by atoms with Gasteiger partial charge in [-0.15, -0.1) is 0 Å². The van der Waals surface area contributed by atoms with Gasteiger partial charge in [0, 0.05) is 17.2 Å². The van der Waals surface area contributed by atoms with Crippen molar-refractivity contribution in [3.8, 4) is 11.8 Å². The van der Waals surface area contributed by atoms with Crippen LogP contribution >= 0.6 is 0 Å². The van der Waals surface area contributed by atoms with Crippen LogP contribution < -0.4 is 10.1 Å². The van der Waals surface area contributed by atoms with E-state index >= 15 is 0 Å². The number of nitriles is 1. The van der Waals surface area contributed by atoms with Crippen molar-refractivity contribution >= 4 is 5.69 Å². The molecule has 2 atom stereocenters. The van der Waals surface area contributed by atoms with Gasteiger partial charge in [-0.3, -0.25) is 0 Å². The number of nitrogens with zero attached hydrogens (tertiary/aromatic N) is 1. The van der Waals surface area contributed by atoms with Crippen molar-refractivity contribution < 1.29 is 4.74 Å². The molecule has 0 aromatic heterocycles. The molecule has 1 aliphatic heterocycles. The van der Waals surface area contributed by atoms with Crippen LogP contribution in [0.3, 0.4) is 0 Å². The van der Waals surface area contributed by atoms with Gasteiger partial charge in [-0.2, -0.15) is 5.26 Å². The largest absolute Gasteiger partial charge is 0.493 e. The van der Waals surface area contributed by atoms with Crippen LogP contribution in [0.15, 0.2) is 48.5 Å². The number of rotatable bonds is 2. The zero-order chi connectivity index (χ0) is 14.9. The molecule has 2 unspecified atom stereocenters. The smallest absolute Gasteiger partial charge is 0.160 e. The molecule has 2 aromatic rings. The molecule has 0 radical (unpaired) electrons. The van der Waals surface area contributed by atoms with Crippen LogP contribution in [-0.4, -0.2) is 6.61 Å². The molecule has 0 saturated carbocycles. The first kappa shape index (κ1) is 13.5. The van der Waals surface area contributed by atoms with Crippen LogP contribution in [0.1, 0.15) is 18.1 Å². The predicted octanol–water partition coefficient (Wildman–Crippen LogP) is 3.85. The molecule has 0 aliphatic carbocycles. The Labute approximate surface area is 125 Å². The maximum Gasteiger partial charge on any atom is 0.160 e. The molecule has 3 rings (SSSR count). The maximum atomic E-state index is 9.92. The lowest BCUT2D eigenvalue weighted by atomic mass is 9.78. The lowest BCUT2D eigenvalue weighted by Gasteiger charge is -2.39. The van der Waals surface area contributed by atoms with E-state index in [1.54, 1.807) is 0 Å². The van der Waals surface area contributed by atoms with Crippen molar-refractivity contribution in [1.29, 1.82) is 5.26 Å². The van der Waals surface area contributed by atoms with Gasteiger partial charge in [0.05, 0.1) is 12.7 Å². The first-order valence-electron chi connectivity index (χ1n) is 7.14. The van der Waals surface area contributed by atoms with E-state index in [4.69, 9.17) is 4.74 Å². The monoisotopic (exact) mass is 278 g/mol. The van der Waals surface area contributed by atoms with Crippen molar-refractivity contribution in [2.75, 3.05) is 11.9 Å². The summed E-state index contributed by atoms with van der Waals surface area (Å²) < 4.78 is 5.76. The second-order valence-electron chi connectivity index (χ2n) is 5.62. The summed E-state index contributed by atoms with van der Waals surface area (Å²) in [4.78, 5) is 0. The summed E-state index contributed by atoms with van der Waals surface area (Å²) >= 11 is 0. The summed E-state index contributed by atoms with van der Waals surface area (Å²) in [5.74, 6) is 0.843. The summed E-state index contributed by atoms with van der Waals surface area (Å²) in [6.07, 6.45) is 0. The molecular formula is C18H18N2O. The lowest BCUT2D eigenvalue weighted by Crippen LogP contribution is -2.46. The molecule has 1 heterocycles. The Morgan fingerprint density at radius 2 is 2.05 bits per heavy atom. The molecule has 0 spiro atoms. The van der Waals surface area contributed by atoms with E-state index in [2.05, 4.69) is 17.5 Å². The molecule has 0 fully saturated rings. The van der Waals surface area contributed by atoms with Crippen molar-refractivity contribution in [1.82, 2.24) is 0 Å². The Kier molecular flexibility index (Phi) is 3.31. The second kappa shape index (κ2) is 5.14. The van der Waals surface area contributed by atoms with Crippen LogP contribution in [0.2, 0.25) is 0 Å². The summed E-state index contributed by atoms with van der Waals surface area (Å²) in [5, 5.41) is 13.4. The Morgan fingerprint density at radius 1 is 1.24 bits per heavy atom. The topological polar surface area (TPSA) is 45.0 Å². The fourth-order valence-electron chi connectivity index (χ4n) is 2.86. The summed E-state index contributed by atoms with van der Waals surface area (Å²) in [6, 6.07) is 18.4. The third-order valence-electron chi connectivity index (χ3n) is 4.08. The Bertz CT molecular complexity index is 704. The van der Waals surface area contributed by atoms with Gasteiger partial charge in [0.2, 0.25) is 0 Å². The number of nitrogens with one attached hydrogen (secondary N) is 1. The highest BCUT2D eigenvalue weighted by Crippen LogP contribution is 2.42. The Balaban J connectivity index is 2.09. The summed E-state index contributed by atoms with van der Waals surface area (Å²) in [6.45, 7) is 4.62. The molecular weight excluding hydrogens is 260 g/mol. The fraction of sp³-hybridized carbons (Fsp3) is 0.278. The van der Waals surface area contributed by atoms with Gasteiger partial charge in [0.25, 0.3) is 0 Å². The highest BCUT2D eigenvalue weighted by atomic mass is 16.5. The van der Waals surface area contributed by atoms with E-state index in [0.29, 0.717) is 6.61 Å². The molecule has 0 saturated heterocycles. The van der Waals surface area contributed by atoms with Gasteiger partial charge in [-0.05, 0) is 30.7 Å². The molecule has 3 nitrogen and oxygen atoms in total. The SMILES string of the molecule is Cc1cccc(NC2(C#N)c3ccccc3OCC2C)c1. The molecule has 0 bridgehead atoms. The Hall–Kier alpha value is -2.47. The van der Waals surface area contributed by atoms with Crippen LogP contribution in [0.4, 0.5) is 5.69 Å². The molecule has 21 heavy (non-hydrogen) atoms. The third kappa shape index (κ3) is 2.23. The fourth-order valence-corrected chi connectivity index (χ4v) is 2.86. The first-order valence-corrected chi connectivity index (χ1v) is 7.14. The van der Waals surface area contributed by atoms with Crippen LogP contribution in [0.25, 0.3) is 0 Å². The normalized spacial score (nSPS) is 23.6. The van der Waals surface area contributed by atoms with Gasteiger partial charge in [0.1, 0.15) is 5.75 Å². The van der Waals surface area contributed by atoms with Gasteiger partial charge < -0.3 is 10.1 Å². The minimum Gasteiger partial charge on any atom is -0.493 e. The van der Waals surface area contributed by atoms with Crippen molar-refractivity contribution in [3.63, 3.8) is 0 Å². The van der Waals surface area contributed by atoms with E-state index in [1.165, 1.54) is 5.56 Å². The number of hydrogen-bond acceptors (Lipinski definition) is 3. The highest BCUT2D eigenvalue weighted by Gasteiger charge is 2.44. The number of ether oxygens (including phenoxy) is 1. The van der Waals surface area contributed by atoms with Crippen molar-refractivity contribution in [2.45, 2.75) is 19.4 Å². The molecule has 1 aliphatic rings. The van der Waals surface area contributed by atoms with Crippen molar-refractivity contribution in [2.24, 2.45) is 5.92 Å². The maximum absolute atomic E-state index is 9.92. The van der Waals surface area contributed by atoms with E-state index in [9.17, 15) is 5.26 Å². The molecule has 106 valence electrons. The average molecular weight is 278 g/mol. The molecule has 0 amide bonds. The number of benzene rings is 2. The first-order chi connectivity index (χ1) is 10.2. The highest BCUT2D eigenvalue weighted by molar-refractivity contribution is 5.56. The van der Waals surface area contributed by atoms with Crippen molar-refractivity contribution in [3.05, 3.63) is 59.7 Å². The minimum absolute atomic E-state index is 0.0536. The number of para-hydroxylation sites is 1. The lowest BCUT2D eigenvalue weighted by molar-refractivity contribution is 0.186. The van der Waals surface area contributed by atoms with E-state index in [0.717, 1.165) is 17.0 Å². The summed E-state index contributed by atoms with van der Waals surface area (Å²) in [7, 11) is 0. The van der Waals surface area contributed by atoms with Crippen LogP contribution in [0.5, 0.6) is 5.75 Å². The molecule has 2 aromatic carbocycles. The molecule has 3 heteroatoms. The zero-order valence-corrected chi connectivity index (χ0v) is 12.3. The Morgan fingerprint density at radius 3 is 2.81 bits per heavy atom. The van der Waals surface area contributed by atoms with Crippen LogP contribution in [0, 0.1) is 24.2 Å². The van der Waals surface area contributed by atoms with Gasteiger partial charge in [-0.1, -0.05) is 37.3 Å². The zero-order valence-electron chi connectivity index (χ0n) is 12.3. The second-order valence-corrected chi connectivity index (χ2v) is 5.62. The van der Waals surface area contributed by atoms with E-state index in [-0.39, 0.29) is 5.92 Å². The number of fused-ring (bicyclic) bond motifs is 1. The average Bonchev–Trinajstić information content (AvgIpc) is 2.50. The van der Waals surface area contributed by atoms with Gasteiger partial charge in [-0.25, -0.2) is 0 Å². The summed E-state index contributed by atoms with van der Waals surface area (Å²) in [5.41, 5.74) is 2.27. The number of hydrogen-bond donors (Lipinski definition) is 1. The van der Waals surface area contributed by atoms with Gasteiger partial charge in [0.15, 0.2) is 5.54 Å². The number of aryl methyl sites for hydroxylation is 1. The standard InChI is InChI=1S/C18H18N2O/c1-13-6-5-7-15(10-13)20-18(12-19)14(2)11-21-17-9-4-3-8-16(17)18/h3-10,14,20H,11H2,1-2H3. The van der Waals surface area contributed by atoms with E-state index < -0.39 is 5.54 Å². The molecule has 1 N–H and O–H groups in total. The van der Waals surface area contributed by atoms with E-state index in [1.807, 2.05) is 56.3 Å². The minimum atomic E-state index is -0.761. The van der Waals surface area contributed by atoms with Crippen LogP contribution in [-0.2, 0) is 5.54 Å². The predicted molar refractivity (Wildman–Crippen MR) is 83.2 cm³/mol. The third-order valence-corrected chi connectivity index (χ3v) is 4.08. The quantitative estimate of drug-likeness (QED) is 0.907. The van der Waals surface area contributed by atoms with Gasteiger partial charge >= 0.3 is 0 Å². The number of anilines is 1.